The summed E-state index contributed by atoms with van der Waals surface area (Å²) in [6.45, 7) is 3.02. The lowest BCUT2D eigenvalue weighted by molar-refractivity contribution is -0.149. The van der Waals surface area contributed by atoms with Gasteiger partial charge in [0.05, 0.1) is 6.10 Å². The van der Waals surface area contributed by atoms with Crippen LogP contribution < -0.4 is 5.32 Å². The number of ether oxygens (including phenoxy) is 1. The quantitative estimate of drug-likeness (QED) is 0.774. The molecule has 1 saturated carbocycles. The molecule has 2 aliphatic rings. The van der Waals surface area contributed by atoms with Gasteiger partial charge in [0.25, 0.3) is 0 Å². The molecule has 0 spiro atoms. The van der Waals surface area contributed by atoms with E-state index in [1.54, 1.807) is 0 Å². The van der Waals surface area contributed by atoms with Crippen molar-refractivity contribution in [2.24, 2.45) is 0 Å². The third-order valence-electron chi connectivity index (χ3n) is 3.80. The van der Waals surface area contributed by atoms with Crippen LogP contribution in [0.1, 0.15) is 39.0 Å². The van der Waals surface area contributed by atoms with E-state index < -0.39 is 12.1 Å². The fraction of sp³-hybridized carbons (Fsp3) is 0.923. The molecule has 1 heterocycles. The lowest BCUT2D eigenvalue weighted by atomic mass is 10.2. The maximum Gasteiger partial charge on any atom is 0.332 e. The number of aliphatic carboxylic acids is 1. The minimum absolute atomic E-state index is 0.0870. The summed E-state index contributed by atoms with van der Waals surface area (Å²) in [5.41, 5.74) is 0. The number of hydrogen-bond acceptors (Lipinski definition) is 4. The first-order chi connectivity index (χ1) is 8.69. The van der Waals surface area contributed by atoms with Crippen LogP contribution in [0.2, 0.25) is 0 Å². The molecule has 2 rings (SSSR count). The number of nitrogens with one attached hydrogen (secondary N) is 1. The number of rotatable bonds is 6. The van der Waals surface area contributed by atoms with Gasteiger partial charge in [-0.3, -0.25) is 0 Å². The second-order valence-electron chi connectivity index (χ2n) is 5.16. The Kier molecular flexibility index (Phi) is 5.33. The van der Waals surface area contributed by atoms with Crippen molar-refractivity contribution >= 4 is 17.7 Å². The predicted octanol–water partition coefficient (Wildman–Crippen LogP) is 1.88. The van der Waals surface area contributed by atoms with Gasteiger partial charge in [0.15, 0.2) is 6.10 Å². The van der Waals surface area contributed by atoms with Crippen LogP contribution in [-0.2, 0) is 9.53 Å². The lowest BCUT2D eigenvalue weighted by Crippen LogP contribution is -2.35. The van der Waals surface area contributed by atoms with Crippen LogP contribution >= 0.6 is 11.8 Å². The number of carboxylic acid groups (broad SMARTS) is 1. The van der Waals surface area contributed by atoms with Gasteiger partial charge in [-0.15, -0.1) is 0 Å². The minimum Gasteiger partial charge on any atom is -0.479 e. The smallest absolute Gasteiger partial charge is 0.332 e. The standard InChI is InChI=1S/C13H23NO3S/c1-2-18-11-5-3-9(7-11)14-8-10-4-6-12(17-10)13(15)16/h9-12,14H,2-8H2,1H3,(H,15,16). The first-order valence-electron chi connectivity index (χ1n) is 6.92. The zero-order chi connectivity index (χ0) is 13.0. The van der Waals surface area contributed by atoms with Crippen LogP contribution in [0.5, 0.6) is 0 Å². The Hall–Kier alpha value is -0.260. The highest BCUT2D eigenvalue weighted by Crippen LogP contribution is 2.30. The van der Waals surface area contributed by atoms with E-state index in [0.29, 0.717) is 12.5 Å². The van der Waals surface area contributed by atoms with Gasteiger partial charge in [0.1, 0.15) is 0 Å². The third kappa shape index (κ3) is 3.87. The molecule has 0 aromatic carbocycles. The van der Waals surface area contributed by atoms with E-state index in [-0.39, 0.29) is 6.10 Å². The summed E-state index contributed by atoms with van der Waals surface area (Å²) in [5.74, 6) is 0.376. The molecule has 1 saturated heterocycles. The molecule has 0 bridgehead atoms. The fourth-order valence-electron chi connectivity index (χ4n) is 2.85. The molecule has 1 aliphatic heterocycles. The molecule has 4 nitrogen and oxygen atoms in total. The van der Waals surface area contributed by atoms with Crippen molar-refractivity contribution in [3.63, 3.8) is 0 Å². The summed E-state index contributed by atoms with van der Waals surface area (Å²) in [7, 11) is 0. The molecule has 2 fully saturated rings. The van der Waals surface area contributed by atoms with Gasteiger partial charge < -0.3 is 15.2 Å². The van der Waals surface area contributed by atoms with Crippen molar-refractivity contribution in [1.29, 1.82) is 0 Å². The molecule has 0 amide bonds. The number of carbonyl (C=O) groups is 1. The number of hydrogen-bond donors (Lipinski definition) is 2. The molecule has 2 N–H and O–H groups in total. The normalized spacial score (nSPS) is 36.1. The summed E-state index contributed by atoms with van der Waals surface area (Å²) in [5, 5.41) is 13.2. The van der Waals surface area contributed by atoms with E-state index in [9.17, 15) is 4.79 Å². The molecule has 5 heteroatoms. The van der Waals surface area contributed by atoms with Gasteiger partial charge in [0.2, 0.25) is 0 Å². The van der Waals surface area contributed by atoms with Crippen LogP contribution in [0.25, 0.3) is 0 Å². The molecule has 4 atom stereocenters. The Morgan fingerprint density at radius 2 is 2.22 bits per heavy atom. The maximum absolute atomic E-state index is 10.8. The Morgan fingerprint density at radius 1 is 1.39 bits per heavy atom. The summed E-state index contributed by atoms with van der Waals surface area (Å²) in [6.07, 6.45) is 4.82. The SMILES string of the molecule is CCSC1CCC(NCC2CCC(C(=O)O)O2)C1. The zero-order valence-electron chi connectivity index (χ0n) is 10.9. The summed E-state index contributed by atoms with van der Waals surface area (Å²) < 4.78 is 5.49. The zero-order valence-corrected chi connectivity index (χ0v) is 11.7. The Morgan fingerprint density at radius 3 is 2.89 bits per heavy atom. The molecule has 18 heavy (non-hydrogen) atoms. The Labute approximate surface area is 113 Å². The van der Waals surface area contributed by atoms with Crippen molar-refractivity contribution in [1.82, 2.24) is 5.32 Å². The van der Waals surface area contributed by atoms with Gasteiger partial charge in [-0.1, -0.05) is 6.92 Å². The van der Waals surface area contributed by atoms with E-state index >= 15 is 0 Å². The third-order valence-corrected chi connectivity index (χ3v) is 5.04. The van der Waals surface area contributed by atoms with Crippen LogP contribution in [0.3, 0.4) is 0 Å². The van der Waals surface area contributed by atoms with Crippen molar-refractivity contribution in [3.8, 4) is 0 Å². The second-order valence-corrected chi connectivity index (χ2v) is 6.74. The molecule has 0 aromatic rings. The molecule has 0 radical (unpaired) electrons. The largest absolute Gasteiger partial charge is 0.479 e. The van der Waals surface area contributed by atoms with Gasteiger partial charge >= 0.3 is 5.97 Å². The predicted molar refractivity (Wildman–Crippen MR) is 73.1 cm³/mol. The van der Waals surface area contributed by atoms with Crippen molar-refractivity contribution in [3.05, 3.63) is 0 Å². The number of carboxylic acids is 1. The Balaban J connectivity index is 1.63. The molecule has 0 aromatic heterocycles. The molecule has 4 unspecified atom stereocenters. The fourth-order valence-corrected chi connectivity index (χ4v) is 3.99. The van der Waals surface area contributed by atoms with Gasteiger partial charge in [-0.25, -0.2) is 4.79 Å². The van der Waals surface area contributed by atoms with Crippen LogP contribution in [0.15, 0.2) is 0 Å². The highest BCUT2D eigenvalue weighted by molar-refractivity contribution is 7.99. The van der Waals surface area contributed by atoms with Gasteiger partial charge in [-0.2, -0.15) is 11.8 Å². The molecular weight excluding hydrogens is 250 g/mol. The highest BCUT2D eigenvalue weighted by Gasteiger charge is 2.31. The first-order valence-corrected chi connectivity index (χ1v) is 7.97. The average Bonchev–Trinajstić information content (AvgIpc) is 2.95. The van der Waals surface area contributed by atoms with Gasteiger partial charge in [0, 0.05) is 17.8 Å². The van der Waals surface area contributed by atoms with E-state index in [0.717, 1.165) is 18.2 Å². The number of thioether (sulfide) groups is 1. The van der Waals surface area contributed by atoms with E-state index in [4.69, 9.17) is 9.84 Å². The summed E-state index contributed by atoms with van der Waals surface area (Å²) in [6, 6.07) is 0.599. The van der Waals surface area contributed by atoms with Crippen LogP contribution in [-0.4, -0.2) is 46.9 Å². The monoisotopic (exact) mass is 273 g/mol. The van der Waals surface area contributed by atoms with Crippen LogP contribution in [0.4, 0.5) is 0 Å². The summed E-state index contributed by atoms with van der Waals surface area (Å²) >= 11 is 2.06. The van der Waals surface area contributed by atoms with E-state index in [1.165, 1.54) is 25.0 Å². The van der Waals surface area contributed by atoms with Crippen molar-refractivity contribution in [2.45, 2.75) is 62.5 Å². The van der Waals surface area contributed by atoms with Crippen LogP contribution in [0, 0.1) is 0 Å². The minimum atomic E-state index is -0.822. The first kappa shape index (κ1) is 14.2. The van der Waals surface area contributed by atoms with Crippen molar-refractivity contribution < 1.29 is 14.6 Å². The average molecular weight is 273 g/mol. The molecule has 104 valence electrons. The van der Waals surface area contributed by atoms with E-state index in [1.807, 2.05) is 0 Å². The topological polar surface area (TPSA) is 58.6 Å². The van der Waals surface area contributed by atoms with E-state index in [2.05, 4.69) is 24.0 Å². The molecular formula is C13H23NO3S. The highest BCUT2D eigenvalue weighted by atomic mass is 32.2. The summed E-state index contributed by atoms with van der Waals surface area (Å²) in [4.78, 5) is 10.8. The van der Waals surface area contributed by atoms with Gasteiger partial charge in [-0.05, 0) is 37.9 Å². The maximum atomic E-state index is 10.8. The molecule has 1 aliphatic carbocycles. The second kappa shape index (κ2) is 6.78. The van der Waals surface area contributed by atoms with Crippen molar-refractivity contribution in [2.75, 3.05) is 12.3 Å². The Bertz CT molecular complexity index is 287. The lowest BCUT2D eigenvalue weighted by Gasteiger charge is -2.17.